The highest BCUT2D eigenvalue weighted by Gasteiger charge is 2.21. The molecular formula is C13H22BrNSi. The highest BCUT2D eigenvalue weighted by Crippen LogP contribution is 2.27. The molecule has 3 heteroatoms. The second kappa shape index (κ2) is 5.99. The summed E-state index contributed by atoms with van der Waals surface area (Å²) >= 11 is 3.55. The van der Waals surface area contributed by atoms with Crippen LogP contribution < -0.4 is 5.32 Å². The number of nitrogens with one attached hydrogen (secondary N) is 1. The summed E-state index contributed by atoms with van der Waals surface area (Å²) in [6.07, 6.45) is 0. The quantitative estimate of drug-likeness (QED) is 0.808. The number of halogens is 1. The van der Waals surface area contributed by atoms with Crippen molar-refractivity contribution in [1.82, 2.24) is 5.32 Å². The minimum Gasteiger partial charge on any atom is -0.319 e. The van der Waals surface area contributed by atoms with Crippen molar-refractivity contribution >= 4 is 24.0 Å². The van der Waals surface area contributed by atoms with Crippen LogP contribution in [0.1, 0.15) is 11.5 Å². The molecule has 90 valence electrons. The third-order valence-corrected chi connectivity index (χ3v) is 4.84. The Labute approximate surface area is 109 Å². The van der Waals surface area contributed by atoms with E-state index in [4.69, 9.17) is 0 Å². The van der Waals surface area contributed by atoms with E-state index in [1.54, 1.807) is 0 Å². The summed E-state index contributed by atoms with van der Waals surface area (Å²) in [5, 5.41) is 3.32. The Morgan fingerprint density at radius 1 is 1.31 bits per heavy atom. The maximum absolute atomic E-state index is 3.55. The van der Waals surface area contributed by atoms with Gasteiger partial charge in [0.15, 0.2) is 0 Å². The molecule has 1 nitrogen and oxygen atoms in total. The molecule has 1 aromatic rings. The first kappa shape index (κ1) is 13.9. The Hall–Kier alpha value is -0.123. The maximum Gasteiger partial charge on any atom is 0.0449 e. The van der Waals surface area contributed by atoms with Gasteiger partial charge in [-0.25, -0.2) is 0 Å². The zero-order chi connectivity index (χ0) is 12.2. The fourth-order valence-corrected chi connectivity index (χ4v) is 4.33. The molecule has 0 bridgehead atoms. The van der Waals surface area contributed by atoms with Gasteiger partial charge in [0.05, 0.1) is 0 Å². The third kappa shape index (κ3) is 4.81. The van der Waals surface area contributed by atoms with Crippen LogP contribution in [0.25, 0.3) is 0 Å². The highest BCUT2D eigenvalue weighted by molar-refractivity contribution is 9.10. The van der Waals surface area contributed by atoms with Crippen LogP contribution in [-0.4, -0.2) is 21.7 Å². The van der Waals surface area contributed by atoms with E-state index in [9.17, 15) is 0 Å². The number of hydrogen-bond donors (Lipinski definition) is 1. The van der Waals surface area contributed by atoms with Gasteiger partial charge in [-0.2, -0.15) is 0 Å². The summed E-state index contributed by atoms with van der Waals surface area (Å²) in [7, 11) is 1.02. The molecule has 0 fully saturated rings. The number of rotatable bonds is 5. The molecule has 1 unspecified atom stereocenters. The van der Waals surface area contributed by atoms with Crippen LogP contribution in [0.5, 0.6) is 0 Å². The zero-order valence-corrected chi connectivity index (χ0v) is 13.3. The molecular weight excluding hydrogens is 278 g/mol. The Kier molecular flexibility index (Phi) is 5.22. The van der Waals surface area contributed by atoms with Crippen LogP contribution in [0.3, 0.4) is 0 Å². The van der Waals surface area contributed by atoms with Gasteiger partial charge in [0.25, 0.3) is 0 Å². The molecule has 0 aromatic heterocycles. The fraction of sp³-hybridized carbons (Fsp3) is 0.538. The molecule has 0 amide bonds. The van der Waals surface area contributed by atoms with Crippen LogP contribution in [0.4, 0.5) is 0 Å². The van der Waals surface area contributed by atoms with Gasteiger partial charge in [0, 0.05) is 19.1 Å². The van der Waals surface area contributed by atoms with Gasteiger partial charge in [-0.05, 0) is 36.7 Å². The number of likely N-dealkylation sites (N-methyl/N-ethyl adjacent to an activating group) is 1. The number of hydrogen-bond acceptors (Lipinski definition) is 1. The standard InChI is InChI=1S/C13H22BrNSi/c1-15-9-12(10-16(2,3)4)11-6-5-7-13(14)8-11/h5-8,12,15H,9-10H2,1-4H3. The molecule has 0 saturated carbocycles. The topological polar surface area (TPSA) is 12.0 Å². The molecule has 0 heterocycles. The van der Waals surface area contributed by atoms with Crippen LogP contribution in [-0.2, 0) is 0 Å². The predicted octanol–water partition coefficient (Wildman–Crippen LogP) is 4.09. The average molecular weight is 300 g/mol. The molecule has 0 radical (unpaired) electrons. The van der Waals surface area contributed by atoms with E-state index in [2.05, 4.69) is 65.2 Å². The first-order chi connectivity index (χ1) is 7.42. The van der Waals surface area contributed by atoms with E-state index >= 15 is 0 Å². The molecule has 0 saturated heterocycles. The molecule has 16 heavy (non-hydrogen) atoms. The first-order valence-electron chi connectivity index (χ1n) is 5.82. The highest BCUT2D eigenvalue weighted by atomic mass is 79.9. The first-order valence-corrected chi connectivity index (χ1v) is 10.3. The van der Waals surface area contributed by atoms with Crippen molar-refractivity contribution in [1.29, 1.82) is 0 Å². The zero-order valence-electron chi connectivity index (χ0n) is 10.7. The lowest BCUT2D eigenvalue weighted by atomic mass is 10.0. The van der Waals surface area contributed by atoms with E-state index in [0.717, 1.165) is 6.54 Å². The molecule has 1 rings (SSSR count). The Balaban J connectivity index is 2.85. The summed E-state index contributed by atoms with van der Waals surface area (Å²) in [5.41, 5.74) is 1.45. The molecule has 0 aliphatic heterocycles. The van der Waals surface area contributed by atoms with Crippen LogP contribution in [0.2, 0.25) is 25.7 Å². The van der Waals surface area contributed by atoms with Gasteiger partial charge >= 0.3 is 0 Å². The van der Waals surface area contributed by atoms with Crippen molar-refractivity contribution in [2.45, 2.75) is 31.6 Å². The van der Waals surface area contributed by atoms with Crippen molar-refractivity contribution < 1.29 is 0 Å². The van der Waals surface area contributed by atoms with Crippen molar-refractivity contribution in [3.05, 3.63) is 34.3 Å². The molecule has 1 N–H and O–H groups in total. The minimum absolute atomic E-state index is 0.647. The fourth-order valence-electron chi connectivity index (χ4n) is 2.05. The van der Waals surface area contributed by atoms with Crippen LogP contribution >= 0.6 is 15.9 Å². The van der Waals surface area contributed by atoms with Crippen molar-refractivity contribution in [3.8, 4) is 0 Å². The molecule has 1 atom stereocenters. The van der Waals surface area contributed by atoms with Gasteiger partial charge in [0.2, 0.25) is 0 Å². The van der Waals surface area contributed by atoms with Crippen molar-refractivity contribution in [2.24, 2.45) is 0 Å². The molecule has 0 spiro atoms. The normalized spacial score (nSPS) is 13.8. The summed E-state index contributed by atoms with van der Waals surface area (Å²) in [4.78, 5) is 0. The summed E-state index contributed by atoms with van der Waals surface area (Å²) in [6, 6.07) is 10.1. The third-order valence-electron chi connectivity index (χ3n) is 2.63. The molecule has 1 aromatic carbocycles. The van der Waals surface area contributed by atoms with Gasteiger partial charge in [-0.15, -0.1) is 0 Å². The van der Waals surface area contributed by atoms with Gasteiger partial charge < -0.3 is 5.32 Å². The number of benzene rings is 1. The summed E-state index contributed by atoms with van der Waals surface area (Å²) < 4.78 is 1.18. The lowest BCUT2D eigenvalue weighted by Crippen LogP contribution is -2.27. The van der Waals surface area contributed by atoms with Crippen LogP contribution in [0, 0.1) is 0 Å². The SMILES string of the molecule is CNCC(C[Si](C)(C)C)c1cccc(Br)c1. The molecule has 0 aliphatic rings. The van der Waals surface area contributed by atoms with E-state index < -0.39 is 8.07 Å². The van der Waals surface area contributed by atoms with Gasteiger partial charge in [-0.1, -0.05) is 47.7 Å². The van der Waals surface area contributed by atoms with Crippen molar-refractivity contribution in [2.75, 3.05) is 13.6 Å². The Morgan fingerprint density at radius 2 is 2.00 bits per heavy atom. The Morgan fingerprint density at radius 3 is 2.50 bits per heavy atom. The van der Waals surface area contributed by atoms with E-state index in [-0.39, 0.29) is 0 Å². The second-order valence-corrected chi connectivity index (χ2v) is 12.0. The monoisotopic (exact) mass is 299 g/mol. The average Bonchev–Trinajstić information content (AvgIpc) is 2.15. The van der Waals surface area contributed by atoms with Gasteiger partial charge in [0.1, 0.15) is 0 Å². The Bertz CT molecular complexity index is 333. The smallest absolute Gasteiger partial charge is 0.0449 e. The van der Waals surface area contributed by atoms with Crippen LogP contribution in [0.15, 0.2) is 28.7 Å². The predicted molar refractivity (Wildman–Crippen MR) is 79.0 cm³/mol. The second-order valence-electron chi connectivity index (χ2n) is 5.57. The van der Waals surface area contributed by atoms with E-state index in [0.29, 0.717) is 5.92 Å². The molecule has 0 aliphatic carbocycles. The minimum atomic E-state index is -1.01. The summed E-state index contributed by atoms with van der Waals surface area (Å²) in [6.45, 7) is 8.38. The van der Waals surface area contributed by atoms with E-state index in [1.807, 2.05) is 7.05 Å². The lowest BCUT2D eigenvalue weighted by Gasteiger charge is -2.25. The van der Waals surface area contributed by atoms with Crippen molar-refractivity contribution in [3.63, 3.8) is 0 Å². The van der Waals surface area contributed by atoms with E-state index in [1.165, 1.54) is 16.1 Å². The lowest BCUT2D eigenvalue weighted by molar-refractivity contribution is 0.669. The summed E-state index contributed by atoms with van der Waals surface area (Å²) in [5.74, 6) is 0.647. The largest absolute Gasteiger partial charge is 0.319 e. The maximum atomic E-state index is 3.55. The van der Waals surface area contributed by atoms with Gasteiger partial charge in [-0.3, -0.25) is 0 Å².